The minimum atomic E-state index is -0.523. The third-order valence-electron chi connectivity index (χ3n) is 3.23. The third kappa shape index (κ3) is 3.25. The van der Waals surface area contributed by atoms with Gasteiger partial charge in [0.25, 0.3) is 0 Å². The molecule has 0 fully saturated rings. The van der Waals surface area contributed by atoms with E-state index in [0.29, 0.717) is 11.3 Å². The van der Waals surface area contributed by atoms with Gasteiger partial charge in [-0.2, -0.15) is 0 Å². The van der Waals surface area contributed by atoms with Gasteiger partial charge in [0.15, 0.2) is 5.75 Å². The number of benzene rings is 1. The fraction of sp³-hybridized carbons (Fsp3) is 0.176. The molecule has 22 heavy (non-hydrogen) atoms. The zero-order valence-corrected chi connectivity index (χ0v) is 12.6. The van der Waals surface area contributed by atoms with E-state index in [1.165, 1.54) is 20.1 Å². The average molecular weight is 299 g/mol. The van der Waals surface area contributed by atoms with E-state index in [-0.39, 0.29) is 11.7 Å². The number of carbonyl (C=O) groups excluding carboxylic acids is 1. The van der Waals surface area contributed by atoms with Crippen LogP contribution in [0.3, 0.4) is 0 Å². The van der Waals surface area contributed by atoms with Gasteiger partial charge in [0.05, 0.1) is 7.11 Å². The molecular weight excluding hydrogens is 282 g/mol. The van der Waals surface area contributed by atoms with Crippen LogP contribution in [-0.2, 0) is 4.79 Å². The van der Waals surface area contributed by atoms with Crippen LogP contribution in [0.15, 0.2) is 41.2 Å². The number of nitrogens with one attached hydrogen (secondary N) is 1. The van der Waals surface area contributed by atoms with E-state index >= 15 is 0 Å². The Labute approximate surface area is 128 Å². The van der Waals surface area contributed by atoms with Gasteiger partial charge in [-0.15, -0.1) is 0 Å². The highest BCUT2D eigenvalue weighted by molar-refractivity contribution is 5.89. The number of amides is 1. The summed E-state index contributed by atoms with van der Waals surface area (Å²) in [5, 5.41) is 12.5. The predicted molar refractivity (Wildman–Crippen MR) is 85.4 cm³/mol. The number of hydrogen-bond acceptors (Lipinski definition) is 4. The van der Waals surface area contributed by atoms with Crippen LogP contribution in [0.1, 0.15) is 12.5 Å². The summed E-state index contributed by atoms with van der Waals surface area (Å²) in [5.41, 5.74) is 2.31. The molecular formula is C17H17NO4. The molecule has 0 saturated carbocycles. The molecule has 0 aromatic heterocycles. The molecule has 2 aromatic rings. The van der Waals surface area contributed by atoms with Crippen molar-refractivity contribution in [3.05, 3.63) is 52.2 Å². The molecule has 2 N–H and O–H groups in total. The van der Waals surface area contributed by atoms with Crippen LogP contribution in [0.2, 0.25) is 0 Å². The molecule has 0 aliphatic carbocycles. The molecule has 0 aliphatic heterocycles. The first-order valence-electron chi connectivity index (χ1n) is 6.72. The normalized spacial score (nSPS) is 10.1. The highest BCUT2D eigenvalue weighted by Gasteiger charge is 2.10. The summed E-state index contributed by atoms with van der Waals surface area (Å²) >= 11 is 0. The van der Waals surface area contributed by atoms with Gasteiger partial charge in [0, 0.05) is 12.6 Å². The fourth-order valence-corrected chi connectivity index (χ4v) is 2.21. The lowest BCUT2D eigenvalue weighted by Crippen LogP contribution is -2.05. The number of methoxy groups -OCH3 is 1. The molecule has 1 amide bonds. The van der Waals surface area contributed by atoms with Gasteiger partial charge in [-0.3, -0.25) is 9.59 Å². The van der Waals surface area contributed by atoms with Crippen molar-refractivity contribution in [2.75, 3.05) is 12.4 Å². The van der Waals surface area contributed by atoms with E-state index in [2.05, 4.69) is 5.32 Å². The van der Waals surface area contributed by atoms with Crippen molar-refractivity contribution < 1.29 is 14.6 Å². The topological polar surface area (TPSA) is 75.6 Å². The van der Waals surface area contributed by atoms with Gasteiger partial charge >= 0.3 is 0 Å². The van der Waals surface area contributed by atoms with Gasteiger partial charge in [-0.1, -0.05) is 12.1 Å². The Balaban J connectivity index is 2.63. The average Bonchev–Trinajstić information content (AvgIpc) is 2.58. The number of rotatable bonds is 3. The second kappa shape index (κ2) is 6.30. The summed E-state index contributed by atoms with van der Waals surface area (Å²) in [7, 11) is 1.39. The maximum atomic E-state index is 12.0. The van der Waals surface area contributed by atoms with Crippen molar-refractivity contribution in [2.24, 2.45) is 0 Å². The minimum absolute atomic E-state index is 0.131. The fourth-order valence-electron chi connectivity index (χ4n) is 2.21. The van der Waals surface area contributed by atoms with E-state index in [1.807, 2.05) is 13.0 Å². The number of anilines is 1. The molecule has 5 nitrogen and oxygen atoms in total. The van der Waals surface area contributed by atoms with Crippen LogP contribution in [0, 0.1) is 6.92 Å². The van der Waals surface area contributed by atoms with E-state index in [0.717, 1.165) is 11.1 Å². The molecule has 0 saturated heterocycles. The summed E-state index contributed by atoms with van der Waals surface area (Å²) < 4.78 is 5.03. The SMILES string of the molecule is COc1cc(C)c(-c2cccc(NC(C)=O)c2)cc(=O)c1O. The lowest BCUT2D eigenvalue weighted by molar-refractivity contribution is -0.114. The van der Waals surface area contributed by atoms with Crippen molar-refractivity contribution in [2.45, 2.75) is 13.8 Å². The highest BCUT2D eigenvalue weighted by atomic mass is 16.5. The number of carbonyl (C=O) groups is 1. The maximum absolute atomic E-state index is 12.0. The van der Waals surface area contributed by atoms with Gasteiger partial charge in [-0.05, 0) is 47.9 Å². The van der Waals surface area contributed by atoms with Crippen LogP contribution in [0.25, 0.3) is 11.1 Å². The second-order valence-electron chi connectivity index (χ2n) is 4.93. The van der Waals surface area contributed by atoms with Crippen LogP contribution in [-0.4, -0.2) is 18.1 Å². The van der Waals surface area contributed by atoms with Crippen LogP contribution < -0.4 is 15.5 Å². The molecule has 0 spiro atoms. The van der Waals surface area contributed by atoms with Gasteiger partial charge in [-0.25, -0.2) is 0 Å². The lowest BCUT2D eigenvalue weighted by Gasteiger charge is -2.07. The van der Waals surface area contributed by atoms with Crippen molar-refractivity contribution in [3.63, 3.8) is 0 Å². The number of aromatic hydroxyl groups is 1. The Bertz CT molecular complexity index is 784. The molecule has 2 rings (SSSR count). The Morgan fingerprint density at radius 3 is 2.59 bits per heavy atom. The summed E-state index contributed by atoms with van der Waals surface area (Å²) in [6.45, 7) is 3.25. The van der Waals surface area contributed by atoms with E-state index in [4.69, 9.17) is 4.74 Å². The van der Waals surface area contributed by atoms with Gasteiger partial charge in [0.1, 0.15) is 0 Å². The molecule has 0 bridgehead atoms. The Morgan fingerprint density at radius 2 is 1.95 bits per heavy atom. The van der Waals surface area contributed by atoms with Crippen molar-refractivity contribution in [1.82, 2.24) is 0 Å². The largest absolute Gasteiger partial charge is 0.502 e. The number of aryl methyl sites for hydroxylation is 1. The van der Waals surface area contributed by atoms with Crippen molar-refractivity contribution in [1.29, 1.82) is 0 Å². The van der Waals surface area contributed by atoms with Gasteiger partial charge in [0.2, 0.25) is 17.1 Å². The molecule has 0 aliphatic rings. The first-order chi connectivity index (χ1) is 10.4. The maximum Gasteiger partial charge on any atom is 0.224 e. The van der Waals surface area contributed by atoms with E-state index in [1.54, 1.807) is 24.3 Å². The van der Waals surface area contributed by atoms with Crippen LogP contribution in [0.5, 0.6) is 11.5 Å². The first-order valence-corrected chi connectivity index (χ1v) is 6.72. The number of hydrogen-bond donors (Lipinski definition) is 2. The monoisotopic (exact) mass is 299 g/mol. The summed E-state index contributed by atoms with van der Waals surface area (Å²) in [6, 6.07) is 10.1. The zero-order chi connectivity index (χ0) is 16.3. The van der Waals surface area contributed by atoms with Crippen LogP contribution in [0.4, 0.5) is 5.69 Å². The molecule has 114 valence electrons. The molecule has 0 heterocycles. The quantitative estimate of drug-likeness (QED) is 0.913. The first kappa shape index (κ1) is 15.6. The smallest absolute Gasteiger partial charge is 0.224 e. The zero-order valence-electron chi connectivity index (χ0n) is 12.6. The van der Waals surface area contributed by atoms with E-state index in [9.17, 15) is 14.7 Å². The molecule has 0 atom stereocenters. The predicted octanol–water partition coefficient (Wildman–Crippen LogP) is 2.69. The minimum Gasteiger partial charge on any atom is -0.502 e. The summed E-state index contributed by atoms with van der Waals surface area (Å²) in [6.07, 6.45) is 0. The van der Waals surface area contributed by atoms with Crippen molar-refractivity contribution in [3.8, 4) is 22.6 Å². The summed E-state index contributed by atoms with van der Waals surface area (Å²) in [5.74, 6) is -0.460. The second-order valence-corrected chi connectivity index (χ2v) is 4.93. The Kier molecular flexibility index (Phi) is 4.46. The molecule has 2 aromatic carbocycles. The van der Waals surface area contributed by atoms with Crippen molar-refractivity contribution >= 4 is 11.6 Å². The van der Waals surface area contributed by atoms with Crippen LogP contribution >= 0.6 is 0 Å². The Morgan fingerprint density at radius 1 is 1.23 bits per heavy atom. The Hall–Kier alpha value is -2.82. The number of ether oxygens (including phenoxy) is 1. The molecule has 0 unspecified atom stereocenters. The van der Waals surface area contributed by atoms with Gasteiger partial charge < -0.3 is 15.2 Å². The molecule has 0 radical (unpaired) electrons. The molecule has 5 heteroatoms. The van der Waals surface area contributed by atoms with E-state index < -0.39 is 11.2 Å². The summed E-state index contributed by atoms with van der Waals surface area (Å²) in [4.78, 5) is 23.2. The third-order valence-corrected chi connectivity index (χ3v) is 3.23. The highest BCUT2D eigenvalue weighted by Crippen LogP contribution is 2.29. The standard InChI is InChI=1S/C17H17NO4/c1-10-7-16(22-3)17(21)15(20)9-14(10)12-5-4-6-13(8-12)18-11(2)19/h4-9H,1-3H3,(H,18,19)(H,20,21). The lowest BCUT2D eigenvalue weighted by atomic mass is 10.0.